The highest BCUT2D eigenvalue weighted by molar-refractivity contribution is 6.03. The first-order valence-electron chi connectivity index (χ1n) is 16.2. The van der Waals surface area contributed by atoms with Gasteiger partial charge in [0, 0.05) is 49.3 Å². The van der Waals surface area contributed by atoms with Crippen molar-refractivity contribution in [2.75, 3.05) is 58.1 Å². The molecule has 7 rings (SSSR count). The predicted octanol–water partition coefficient (Wildman–Crippen LogP) is 5.69. The Morgan fingerprint density at radius 3 is 2.57 bits per heavy atom. The van der Waals surface area contributed by atoms with Crippen LogP contribution in [0.2, 0.25) is 0 Å². The van der Waals surface area contributed by atoms with Gasteiger partial charge < -0.3 is 29.1 Å². The highest BCUT2D eigenvalue weighted by Gasteiger charge is 2.45. The van der Waals surface area contributed by atoms with E-state index in [4.69, 9.17) is 25.6 Å². The molecule has 9 nitrogen and oxygen atoms in total. The van der Waals surface area contributed by atoms with E-state index in [1.807, 2.05) is 4.90 Å². The molecule has 0 radical (unpaired) electrons. The maximum atomic E-state index is 16.9. The molecule has 2 saturated heterocycles. The number of piperidine rings is 1. The van der Waals surface area contributed by atoms with E-state index >= 15 is 4.39 Å². The summed E-state index contributed by atoms with van der Waals surface area (Å²) in [4.78, 5) is 18.4. The monoisotopic (exact) mass is 643 g/mol. The maximum absolute atomic E-state index is 16.9. The molecule has 1 saturated carbocycles. The van der Waals surface area contributed by atoms with Gasteiger partial charge in [0.25, 0.3) is 0 Å². The number of anilines is 1. The zero-order valence-electron chi connectivity index (χ0n) is 26.8. The van der Waals surface area contributed by atoms with Crippen molar-refractivity contribution in [2.24, 2.45) is 5.41 Å². The smallest absolute Gasteiger partial charge is 0.319 e. The number of hydrogen-bond donors (Lipinski definition) is 1. The van der Waals surface area contributed by atoms with Crippen molar-refractivity contribution in [3.05, 3.63) is 47.7 Å². The molecule has 4 heterocycles. The van der Waals surface area contributed by atoms with Crippen molar-refractivity contribution in [1.82, 2.24) is 19.9 Å². The standard InChI is InChI=1S/C36H39F2N5O4/c1-4-25-28(37)9-8-23-16-24(47-22-45-3)17-26(29(23)25)31-30(38)32-27(18-39-31)33(43-15-7-10-35(2,44)19-43)41-34(40-32)46-21-36(11-12-36)20-42-13-5-6-14-42/h1,8-9,16-18,44H,5-7,10-15,19-22H2,2-3H3/t35-/m1/s1. The normalized spacial score (nSPS) is 20.9. The van der Waals surface area contributed by atoms with E-state index in [1.54, 1.807) is 25.1 Å². The van der Waals surface area contributed by atoms with Crippen molar-refractivity contribution < 1.29 is 28.1 Å². The van der Waals surface area contributed by atoms with Gasteiger partial charge in [-0.1, -0.05) is 12.0 Å². The molecule has 11 heteroatoms. The Morgan fingerprint density at radius 2 is 1.85 bits per heavy atom. The van der Waals surface area contributed by atoms with Gasteiger partial charge in [-0.15, -0.1) is 6.42 Å². The zero-order valence-corrected chi connectivity index (χ0v) is 26.8. The lowest BCUT2D eigenvalue weighted by Gasteiger charge is -2.37. The summed E-state index contributed by atoms with van der Waals surface area (Å²) in [5.74, 6) is 1.92. The molecule has 1 aliphatic carbocycles. The second-order valence-electron chi connectivity index (χ2n) is 13.5. The number of nitrogens with zero attached hydrogens (tertiary/aromatic N) is 5. The van der Waals surface area contributed by atoms with Crippen molar-refractivity contribution in [3.8, 4) is 35.4 Å². The van der Waals surface area contributed by atoms with Gasteiger partial charge in [0.2, 0.25) is 0 Å². The molecule has 0 spiro atoms. The molecule has 3 aliphatic rings. The van der Waals surface area contributed by atoms with E-state index in [2.05, 4.69) is 20.8 Å². The van der Waals surface area contributed by atoms with Gasteiger partial charge in [0.1, 0.15) is 28.6 Å². The lowest BCUT2D eigenvalue weighted by molar-refractivity contribution is 0.0447. The molecule has 246 valence electrons. The SMILES string of the molecule is C#Cc1c(F)ccc2cc(OCOC)cc(-c3ncc4c(N5CCC[C@@](C)(O)C5)nc(OCC5(CN6CCCC6)CC5)nc4c3F)c12. The van der Waals surface area contributed by atoms with Crippen molar-refractivity contribution in [2.45, 2.75) is 51.0 Å². The number of terminal acetylenes is 1. The minimum atomic E-state index is -0.937. The van der Waals surface area contributed by atoms with Crippen LogP contribution in [0.5, 0.6) is 11.8 Å². The summed E-state index contributed by atoms with van der Waals surface area (Å²) < 4.78 is 49.0. The number of hydrogen-bond acceptors (Lipinski definition) is 9. The van der Waals surface area contributed by atoms with Crippen LogP contribution >= 0.6 is 0 Å². The third kappa shape index (κ3) is 6.30. The van der Waals surface area contributed by atoms with Crippen molar-refractivity contribution in [3.63, 3.8) is 0 Å². The molecule has 0 unspecified atom stereocenters. The minimum Gasteiger partial charge on any atom is -0.468 e. The largest absolute Gasteiger partial charge is 0.468 e. The van der Waals surface area contributed by atoms with Gasteiger partial charge in [0.05, 0.1) is 23.2 Å². The van der Waals surface area contributed by atoms with E-state index in [1.165, 1.54) is 32.2 Å². The average Bonchev–Trinajstić information content (AvgIpc) is 3.63. The first kappa shape index (κ1) is 31.5. The Kier molecular flexibility index (Phi) is 8.37. The first-order valence-corrected chi connectivity index (χ1v) is 16.2. The lowest BCUT2D eigenvalue weighted by atomic mass is 9.94. The molecule has 0 amide bonds. The first-order chi connectivity index (χ1) is 22.7. The Bertz CT molecular complexity index is 1870. The Hall–Kier alpha value is -4.11. The second kappa shape index (κ2) is 12.5. The van der Waals surface area contributed by atoms with E-state index in [9.17, 15) is 9.50 Å². The number of ether oxygens (including phenoxy) is 3. The predicted molar refractivity (Wildman–Crippen MR) is 176 cm³/mol. The molecule has 2 aromatic carbocycles. The summed E-state index contributed by atoms with van der Waals surface area (Å²) >= 11 is 0. The third-order valence-electron chi connectivity index (χ3n) is 9.62. The van der Waals surface area contributed by atoms with E-state index in [0.29, 0.717) is 53.8 Å². The van der Waals surface area contributed by atoms with Gasteiger partial charge in [-0.05, 0) is 82.1 Å². The van der Waals surface area contributed by atoms with Crippen LogP contribution in [0.15, 0.2) is 30.5 Å². The van der Waals surface area contributed by atoms with E-state index in [-0.39, 0.29) is 40.6 Å². The molecule has 2 aromatic heterocycles. The second-order valence-corrected chi connectivity index (χ2v) is 13.5. The molecule has 4 aromatic rings. The third-order valence-corrected chi connectivity index (χ3v) is 9.62. The average molecular weight is 644 g/mol. The number of halogens is 2. The van der Waals surface area contributed by atoms with Gasteiger partial charge >= 0.3 is 6.01 Å². The van der Waals surface area contributed by atoms with Crippen LogP contribution in [0.3, 0.4) is 0 Å². The van der Waals surface area contributed by atoms with Gasteiger partial charge in [-0.3, -0.25) is 4.98 Å². The summed E-state index contributed by atoms with van der Waals surface area (Å²) in [6.07, 6.45) is 13.2. The van der Waals surface area contributed by atoms with Crippen molar-refractivity contribution >= 4 is 27.5 Å². The maximum Gasteiger partial charge on any atom is 0.319 e. The fourth-order valence-corrected chi connectivity index (χ4v) is 7.02. The summed E-state index contributed by atoms with van der Waals surface area (Å²) in [7, 11) is 1.49. The number of methoxy groups -OCH3 is 1. The van der Waals surface area contributed by atoms with E-state index < -0.39 is 17.2 Å². The number of β-amino-alcohol motifs (C(OH)–C–C–N with tert-alkyl or cyclic N) is 1. The van der Waals surface area contributed by atoms with Gasteiger partial charge in [-0.25, -0.2) is 8.78 Å². The molecule has 1 atom stereocenters. The number of aliphatic hydroxyl groups is 1. The molecular formula is C36H39F2N5O4. The summed E-state index contributed by atoms with van der Waals surface area (Å²) in [5, 5.41) is 12.2. The van der Waals surface area contributed by atoms with Crippen LogP contribution in [0.1, 0.15) is 51.0 Å². The molecule has 1 N–H and O–H groups in total. The number of pyridine rings is 1. The van der Waals surface area contributed by atoms with Crippen LogP contribution in [-0.2, 0) is 4.74 Å². The molecule has 47 heavy (non-hydrogen) atoms. The number of fused-ring (bicyclic) bond motifs is 2. The lowest BCUT2D eigenvalue weighted by Crippen LogP contribution is -2.46. The fraction of sp³-hybridized carbons (Fsp3) is 0.472. The molecular weight excluding hydrogens is 604 g/mol. The highest BCUT2D eigenvalue weighted by Crippen LogP contribution is 2.47. The van der Waals surface area contributed by atoms with Crippen LogP contribution < -0.4 is 14.4 Å². The summed E-state index contributed by atoms with van der Waals surface area (Å²) in [6, 6.07) is 6.19. The molecule has 3 fully saturated rings. The fourth-order valence-electron chi connectivity index (χ4n) is 7.02. The van der Waals surface area contributed by atoms with Gasteiger partial charge in [-0.2, -0.15) is 9.97 Å². The number of benzene rings is 2. The number of aromatic nitrogens is 3. The Labute approximate surface area is 272 Å². The van der Waals surface area contributed by atoms with E-state index in [0.717, 1.165) is 38.9 Å². The Morgan fingerprint density at radius 1 is 1.04 bits per heavy atom. The van der Waals surface area contributed by atoms with Crippen LogP contribution in [0, 0.1) is 29.4 Å². The van der Waals surface area contributed by atoms with Crippen LogP contribution in [-0.4, -0.2) is 83.8 Å². The molecule has 0 bridgehead atoms. The Balaban J connectivity index is 1.35. The number of rotatable bonds is 10. The van der Waals surface area contributed by atoms with Crippen molar-refractivity contribution in [1.29, 1.82) is 0 Å². The van der Waals surface area contributed by atoms with Gasteiger partial charge in [0.15, 0.2) is 12.6 Å². The quantitative estimate of drug-likeness (QED) is 0.173. The summed E-state index contributed by atoms with van der Waals surface area (Å²) in [5.41, 5.74) is -0.704. The molecule has 2 aliphatic heterocycles. The van der Waals surface area contributed by atoms with Crippen LogP contribution in [0.4, 0.5) is 14.6 Å². The van der Waals surface area contributed by atoms with Crippen LogP contribution in [0.25, 0.3) is 32.9 Å². The number of likely N-dealkylation sites (tertiary alicyclic amines) is 1. The zero-order chi connectivity index (χ0) is 32.8. The highest BCUT2D eigenvalue weighted by atomic mass is 19.1. The minimum absolute atomic E-state index is 0.00670. The summed E-state index contributed by atoms with van der Waals surface area (Å²) in [6.45, 7) is 6.29. The topological polar surface area (TPSA) is 93.1 Å².